The Balaban J connectivity index is 1.55. The minimum absolute atomic E-state index is 0.104. The molecule has 0 aliphatic carbocycles. The molecule has 0 bridgehead atoms. The minimum atomic E-state index is -0.325. The minimum Gasteiger partial charge on any atom is -0.394 e. The summed E-state index contributed by atoms with van der Waals surface area (Å²) in [5, 5.41) is 23.7. The van der Waals surface area contributed by atoms with Gasteiger partial charge in [0.1, 0.15) is 17.2 Å². The molecule has 150 valence electrons. The highest BCUT2D eigenvalue weighted by Gasteiger charge is 2.18. The van der Waals surface area contributed by atoms with Crippen LogP contribution in [-0.4, -0.2) is 66.3 Å². The molecule has 10 heteroatoms. The van der Waals surface area contributed by atoms with Gasteiger partial charge in [-0.1, -0.05) is 6.07 Å². The summed E-state index contributed by atoms with van der Waals surface area (Å²) in [7, 11) is 2.06. The number of pyridine rings is 2. The molecular weight excluding hydrogens is 372 g/mol. The number of amides is 1. The van der Waals surface area contributed by atoms with Crippen LogP contribution in [0.25, 0.3) is 11.5 Å². The fourth-order valence-electron chi connectivity index (χ4n) is 3.25. The molecule has 4 rings (SSSR count). The molecule has 0 radical (unpaired) electrons. The average Bonchev–Trinajstić information content (AvgIpc) is 3.22. The molecule has 1 aliphatic heterocycles. The standard InChI is InChI=1S/C19H22N8O2/c1-12(11-28)27-18(23-24-25-27)15-4-3-5-17(21-15)22-19(29)16-8-14-10-26(2)7-6-13(14)9-20-16/h3-5,8-9,12,28H,6-7,10-11H2,1-2H3,(H,21,22,29)/t12-/m1/s1. The van der Waals surface area contributed by atoms with Crippen LogP contribution in [0.3, 0.4) is 0 Å². The zero-order chi connectivity index (χ0) is 20.4. The summed E-state index contributed by atoms with van der Waals surface area (Å²) >= 11 is 0. The first-order chi connectivity index (χ1) is 14.0. The summed E-state index contributed by atoms with van der Waals surface area (Å²) in [6, 6.07) is 6.74. The number of anilines is 1. The van der Waals surface area contributed by atoms with E-state index >= 15 is 0 Å². The predicted octanol–water partition coefficient (Wildman–Crippen LogP) is 0.924. The van der Waals surface area contributed by atoms with Crippen LogP contribution in [0.1, 0.15) is 34.6 Å². The van der Waals surface area contributed by atoms with E-state index in [1.165, 1.54) is 10.2 Å². The predicted molar refractivity (Wildman–Crippen MR) is 105 cm³/mol. The molecule has 1 aliphatic rings. The second-order valence-corrected chi connectivity index (χ2v) is 7.17. The van der Waals surface area contributed by atoms with Crippen molar-refractivity contribution in [2.75, 3.05) is 25.5 Å². The largest absolute Gasteiger partial charge is 0.394 e. The van der Waals surface area contributed by atoms with Gasteiger partial charge in [0.15, 0.2) is 0 Å². The van der Waals surface area contributed by atoms with Gasteiger partial charge in [0.25, 0.3) is 5.91 Å². The van der Waals surface area contributed by atoms with E-state index in [2.05, 4.69) is 42.8 Å². The molecule has 3 aromatic heterocycles. The second kappa shape index (κ2) is 8.02. The molecule has 0 fully saturated rings. The number of carbonyl (C=O) groups is 1. The summed E-state index contributed by atoms with van der Waals surface area (Å²) in [5.74, 6) is 0.460. The third kappa shape index (κ3) is 3.98. The van der Waals surface area contributed by atoms with Crippen molar-refractivity contribution >= 4 is 11.7 Å². The first kappa shape index (κ1) is 19.1. The third-order valence-corrected chi connectivity index (χ3v) is 4.91. The van der Waals surface area contributed by atoms with Gasteiger partial charge in [-0.15, -0.1) is 5.10 Å². The molecule has 29 heavy (non-hydrogen) atoms. The molecule has 1 atom stereocenters. The van der Waals surface area contributed by atoms with Crippen molar-refractivity contribution in [3.05, 3.63) is 47.3 Å². The molecule has 0 spiro atoms. The van der Waals surface area contributed by atoms with Crippen LogP contribution in [0.4, 0.5) is 5.82 Å². The quantitative estimate of drug-likeness (QED) is 0.655. The summed E-state index contributed by atoms with van der Waals surface area (Å²) in [6.45, 7) is 3.49. The van der Waals surface area contributed by atoms with Gasteiger partial charge < -0.3 is 15.3 Å². The van der Waals surface area contributed by atoms with Crippen LogP contribution in [0.2, 0.25) is 0 Å². The number of tetrazole rings is 1. The highest BCUT2D eigenvalue weighted by Crippen LogP contribution is 2.20. The number of nitrogens with zero attached hydrogens (tertiary/aromatic N) is 7. The molecule has 0 saturated heterocycles. The van der Waals surface area contributed by atoms with Gasteiger partial charge in [-0.2, -0.15) is 0 Å². The number of aromatic nitrogens is 6. The number of nitrogens with one attached hydrogen (secondary N) is 1. The van der Waals surface area contributed by atoms with Gasteiger partial charge in [-0.3, -0.25) is 9.78 Å². The molecular formula is C19H22N8O2. The number of likely N-dealkylation sites (N-methyl/N-ethyl adjacent to an activating group) is 1. The van der Waals surface area contributed by atoms with Crippen LogP contribution < -0.4 is 5.32 Å². The highest BCUT2D eigenvalue weighted by molar-refractivity contribution is 6.02. The van der Waals surface area contributed by atoms with Crippen LogP contribution in [0, 0.1) is 0 Å². The van der Waals surface area contributed by atoms with Crippen molar-refractivity contribution in [3.8, 4) is 11.5 Å². The zero-order valence-electron chi connectivity index (χ0n) is 16.3. The molecule has 3 aromatic rings. The molecule has 4 heterocycles. The Labute approximate surface area is 167 Å². The van der Waals surface area contributed by atoms with Gasteiger partial charge in [0.05, 0.1) is 12.6 Å². The normalized spacial score (nSPS) is 15.0. The van der Waals surface area contributed by atoms with E-state index in [0.29, 0.717) is 23.0 Å². The maximum atomic E-state index is 12.7. The monoisotopic (exact) mass is 394 g/mol. The van der Waals surface area contributed by atoms with Crippen molar-refractivity contribution in [1.29, 1.82) is 0 Å². The average molecular weight is 394 g/mol. The van der Waals surface area contributed by atoms with Crippen LogP contribution in [0.15, 0.2) is 30.5 Å². The third-order valence-electron chi connectivity index (χ3n) is 4.91. The van der Waals surface area contributed by atoms with Crippen LogP contribution >= 0.6 is 0 Å². The lowest BCUT2D eigenvalue weighted by molar-refractivity contribution is 0.102. The van der Waals surface area contributed by atoms with Gasteiger partial charge in [-0.05, 0) is 60.1 Å². The summed E-state index contributed by atoms with van der Waals surface area (Å²) in [4.78, 5) is 23.7. The Morgan fingerprint density at radius 2 is 2.21 bits per heavy atom. The van der Waals surface area contributed by atoms with Crippen molar-refractivity contribution in [3.63, 3.8) is 0 Å². The smallest absolute Gasteiger partial charge is 0.275 e. The number of carbonyl (C=O) groups excluding carboxylic acids is 1. The van der Waals surface area contributed by atoms with Crippen LogP contribution in [-0.2, 0) is 13.0 Å². The van der Waals surface area contributed by atoms with E-state index in [1.54, 1.807) is 31.3 Å². The molecule has 0 saturated carbocycles. The summed E-state index contributed by atoms with van der Waals surface area (Å²) in [5.41, 5.74) is 3.15. The summed E-state index contributed by atoms with van der Waals surface area (Å²) < 4.78 is 1.50. The Hall–Kier alpha value is -3.24. The number of hydrogen-bond donors (Lipinski definition) is 2. The lowest BCUT2D eigenvalue weighted by atomic mass is 10.0. The first-order valence-electron chi connectivity index (χ1n) is 9.39. The second-order valence-electron chi connectivity index (χ2n) is 7.17. The maximum Gasteiger partial charge on any atom is 0.275 e. The van der Waals surface area contributed by atoms with Crippen molar-refractivity contribution in [2.24, 2.45) is 0 Å². The molecule has 2 N–H and O–H groups in total. The topological polar surface area (TPSA) is 122 Å². The highest BCUT2D eigenvalue weighted by atomic mass is 16.3. The van der Waals surface area contributed by atoms with E-state index in [1.807, 2.05) is 6.07 Å². The molecule has 10 nitrogen and oxygen atoms in total. The fourth-order valence-corrected chi connectivity index (χ4v) is 3.25. The summed E-state index contributed by atoms with van der Waals surface area (Å²) in [6.07, 6.45) is 2.72. The Morgan fingerprint density at radius 3 is 3.03 bits per heavy atom. The number of rotatable bonds is 5. The van der Waals surface area contributed by atoms with Gasteiger partial charge >= 0.3 is 0 Å². The number of aliphatic hydroxyl groups is 1. The van der Waals surface area contributed by atoms with Crippen molar-refractivity contribution in [1.82, 2.24) is 35.1 Å². The SMILES string of the molecule is C[C@H](CO)n1nnnc1-c1cccc(NC(=O)c2cc3c(cn2)CCN(C)C3)n1. The Morgan fingerprint density at radius 1 is 1.34 bits per heavy atom. The van der Waals surface area contributed by atoms with E-state index in [9.17, 15) is 9.90 Å². The van der Waals surface area contributed by atoms with E-state index in [-0.39, 0.29) is 18.6 Å². The van der Waals surface area contributed by atoms with Gasteiger partial charge in [0, 0.05) is 19.3 Å². The molecule has 1 amide bonds. The Bertz CT molecular complexity index is 1030. The van der Waals surface area contributed by atoms with Crippen molar-refractivity contribution in [2.45, 2.75) is 25.9 Å². The number of hydrogen-bond acceptors (Lipinski definition) is 8. The number of fused-ring (bicyclic) bond motifs is 1. The van der Waals surface area contributed by atoms with Crippen LogP contribution in [0.5, 0.6) is 0 Å². The maximum absolute atomic E-state index is 12.7. The van der Waals surface area contributed by atoms with Gasteiger partial charge in [0.2, 0.25) is 5.82 Å². The fraction of sp³-hybridized carbons (Fsp3) is 0.368. The molecule has 0 unspecified atom stereocenters. The lowest BCUT2D eigenvalue weighted by Gasteiger charge is -2.24. The van der Waals surface area contributed by atoms with E-state index < -0.39 is 0 Å². The first-order valence-corrected chi connectivity index (χ1v) is 9.39. The van der Waals surface area contributed by atoms with Gasteiger partial charge in [-0.25, -0.2) is 9.67 Å². The Kier molecular flexibility index (Phi) is 5.28. The lowest BCUT2D eigenvalue weighted by Crippen LogP contribution is -2.27. The van der Waals surface area contributed by atoms with Crippen molar-refractivity contribution < 1.29 is 9.90 Å². The van der Waals surface area contributed by atoms with E-state index in [0.717, 1.165) is 25.1 Å². The number of aliphatic hydroxyl groups excluding tert-OH is 1. The zero-order valence-corrected chi connectivity index (χ0v) is 16.3. The van der Waals surface area contributed by atoms with E-state index in [4.69, 9.17) is 0 Å². The molecule has 0 aromatic carbocycles.